The maximum Gasteiger partial charge on any atom is 0.138 e. The molecule has 1 atom stereocenters. The van der Waals surface area contributed by atoms with Gasteiger partial charge < -0.3 is 10.7 Å². The van der Waals surface area contributed by atoms with E-state index < -0.39 is 0 Å². The summed E-state index contributed by atoms with van der Waals surface area (Å²) in [7, 11) is 0. The fourth-order valence-corrected chi connectivity index (χ4v) is 4.32. The van der Waals surface area contributed by atoms with Gasteiger partial charge in [-0.3, -0.25) is 4.90 Å². The molecule has 0 radical (unpaired) electrons. The zero-order chi connectivity index (χ0) is 18.2. The van der Waals surface area contributed by atoms with Gasteiger partial charge in [0, 0.05) is 29.4 Å². The van der Waals surface area contributed by atoms with Crippen molar-refractivity contribution < 1.29 is 0 Å². The minimum Gasteiger partial charge on any atom is -0.384 e. The number of hydrogen-bond donors (Lipinski definition) is 2. The standard InChI is InChI=1S/C22H25N5/c23-21-11-18-19-10-17(12-25-22(19)26-20(18)13-24-21)16-6-4-15(5-7-16)14-27-8-2-1-3-9-27/h4-6,10-13,16H,1-3,7-9,14H2,(H2,23,24)(H,25,26). The normalized spacial score (nSPS) is 21.0. The Bertz CT molecular complexity index is 1040. The molecule has 0 bridgehead atoms. The molecule has 3 aromatic heterocycles. The molecule has 27 heavy (non-hydrogen) atoms. The topological polar surface area (TPSA) is 70.8 Å². The first kappa shape index (κ1) is 16.5. The van der Waals surface area contributed by atoms with Crippen LogP contribution in [0.3, 0.4) is 0 Å². The molecule has 0 aromatic carbocycles. The fraction of sp³-hybridized carbons (Fsp3) is 0.364. The van der Waals surface area contributed by atoms with Crippen molar-refractivity contribution in [1.82, 2.24) is 19.9 Å². The molecule has 5 rings (SSSR count). The summed E-state index contributed by atoms with van der Waals surface area (Å²) in [5, 5.41) is 2.21. The van der Waals surface area contributed by atoms with Crippen molar-refractivity contribution >= 4 is 27.8 Å². The van der Waals surface area contributed by atoms with Gasteiger partial charge in [-0.15, -0.1) is 0 Å². The number of hydrogen-bond acceptors (Lipinski definition) is 4. The lowest BCUT2D eigenvalue weighted by Gasteiger charge is -2.28. The molecule has 0 saturated carbocycles. The molecular weight excluding hydrogens is 334 g/mol. The highest BCUT2D eigenvalue weighted by Crippen LogP contribution is 2.31. The molecule has 3 N–H and O–H groups in total. The number of aromatic nitrogens is 3. The monoisotopic (exact) mass is 359 g/mol. The smallest absolute Gasteiger partial charge is 0.138 e. The molecule has 5 heteroatoms. The van der Waals surface area contributed by atoms with Gasteiger partial charge in [-0.1, -0.05) is 24.6 Å². The van der Waals surface area contributed by atoms with Crippen molar-refractivity contribution in [2.24, 2.45) is 0 Å². The number of anilines is 1. The third-order valence-electron chi connectivity index (χ3n) is 5.84. The Balaban J connectivity index is 1.37. The summed E-state index contributed by atoms with van der Waals surface area (Å²) in [4.78, 5) is 14.7. The quantitative estimate of drug-likeness (QED) is 0.737. The molecular formula is C22H25N5. The molecule has 5 nitrogen and oxygen atoms in total. The van der Waals surface area contributed by atoms with Gasteiger partial charge >= 0.3 is 0 Å². The lowest BCUT2D eigenvalue weighted by molar-refractivity contribution is 0.248. The third kappa shape index (κ3) is 3.23. The Morgan fingerprint density at radius 2 is 1.96 bits per heavy atom. The fourth-order valence-electron chi connectivity index (χ4n) is 4.32. The third-order valence-corrected chi connectivity index (χ3v) is 5.84. The highest BCUT2D eigenvalue weighted by Gasteiger charge is 2.16. The number of H-pyrrole nitrogens is 1. The van der Waals surface area contributed by atoms with Crippen LogP contribution in [0.5, 0.6) is 0 Å². The van der Waals surface area contributed by atoms with Crippen molar-refractivity contribution in [3.63, 3.8) is 0 Å². The largest absolute Gasteiger partial charge is 0.384 e. The van der Waals surface area contributed by atoms with Crippen LogP contribution in [0.1, 0.15) is 37.2 Å². The first-order chi connectivity index (χ1) is 13.3. The number of nitrogen functional groups attached to an aromatic ring is 1. The van der Waals surface area contributed by atoms with Crippen LogP contribution in [-0.4, -0.2) is 39.5 Å². The van der Waals surface area contributed by atoms with Gasteiger partial charge in [-0.25, -0.2) is 9.97 Å². The molecule has 1 unspecified atom stereocenters. The summed E-state index contributed by atoms with van der Waals surface area (Å²) in [5.74, 6) is 0.924. The predicted molar refractivity (Wildman–Crippen MR) is 111 cm³/mol. The molecule has 4 heterocycles. The van der Waals surface area contributed by atoms with Crippen LogP contribution in [0, 0.1) is 0 Å². The second kappa shape index (κ2) is 6.82. The second-order valence-electron chi connectivity index (χ2n) is 7.76. The number of pyridine rings is 2. The first-order valence-electron chi connectivity index (χ1n) is 9.89. The number of nitrogens with one attached hydrogen (secondary N) is 1. The summed E-state index contributed by atoms with van der Waals surface area (Å²) in [6.45, 7) is 3.58. The highest BCUT2D eigenvalue weighted by molar-refractivity contribution is 6.06. The van der Waals surface area contributed by atoms with Crippen LogP contribution in [0.15, 0.2) is 48.3 Å². The van der Waals surface area contributed by atoms with E-state index in [1.807, 2.05) is 12.3 Å². The molecule has 0 amide bonds. The Hall–Kier alpha value is -2.66. The van der Waals surface area contributed by atoms with E-state index in [1.165, 1.54) is 43.5 Å². The van der Waals surface area contributed by atoms with E-state index in [9.17, 15) is 0 Å². The zero-order valence-electron chi connectivity index (χ0n) is 15.5. The molecule has 1 aliphatic carbocycles. The van der Waals surface area contributed by atoms with Crippen LogP contribution in [-0.2, 0) is 0 Å². The number of likely N-dealkylation sites (tertiary alicyclic amines) is 1. The SMILES string of the molecule is Nc1cc2c(cn1)[nH]c1ncc(C3C=CC(CN4CCCCC4)=CC3)cc12. The van der Waals surface area contributed by atoms with Gasteiger partial charge in [0.15, 0.2) is 0 Å². The lowest BCUT2D eigenvalue weighted by atomic mass is 9.90. The molecule has 1 aliphatic heterocycles. The van der Waals surface area contributed by atoms with Gasteiger partial charge in [-0.05, 0) is 55.6 Å². The molecule has 1 fully saturated rings. The van der Waals surface area contributed by atoms with Crippen LogP contribution in [0.2, 0.25) is 0 Å². The summed E-state index contributed by atoms with van der Waals surface area (Å²) in [5.41, 5.74) is 10.5. The minimum atomic E-state index is 0.385. The molecule has 1 saturated heterocycles. The number of nitrogens with zero attached hydrogens (tertiary/aromatic N) is 3. The van der Waals surface area contributed by atoms with Crippen molar-refractivity contribution in [2.75, 3.05) is 25.4 Å². The second-order valence-corrected chi connectivity index (χ2v) is 7.76. The molecule has 3 aromatic rings. The molecule has 138 valence electrons. The number of fused-ring (bicyclic) bond motifs is 3. The van der Waals surface area contributed by atoms with Crippen LogP contribution >= 0.6 is 0 Å². The Labute approximate surface area is 159 Å². The van der Waals surface area contributed by atoms with Gasteiger partial charge in [0.2, 0.25) is 0 Å². The van der Waals surface area contributed by atoms with Crippen LogP contribution < -0.4 is 5.73 Å². The van der Waals surface area contributed by atoms with Crippen molar-refractivity contribution in [3.05, 3.63) is 53.9 Å². The highest BCUT2D eigenvalue weighted by atomic mass is 15.1. The average molecular weight is 359 g/mol. The Kier molecular flexibility index (Phi) is 4.17. The number of nitrogens with two attached hydrogens (primary N) is 1. The average Bonchev–Trinajstić information content (AvgIpc) is 3.06. The van der Waals surface area contributed by atoms with Gasteiger partial charge in [0.1, 0.15) is 11.5 Å². The van der Waals surface area contributed by atoms with E-state index in [-0.39, 0.29) is 0 Å². The van der Waals surface area contributed by atoms with Crippen LogP contribution in [0.25, 0.3) is 21.9 Å². The van der Waals surface area contributed by atoms with E-state index in [1.54, 1.807) is 6.20 Å². The number of aromatic amines is 1. The Morgan fingerprint density at radius 3 is 2.78 bits per heavy atom. The number of allylic oxidation sites excluding steroid dienone is 2. The van der Waals surface area contributed by atoms with E-state index in [0.717, 1.165) is 34.9 Å². The van der Waals surface area contributed by atoms with Gasteiger partial charge in [0.05, 0.1) is 11.7 Å². The van der Waals surface area contributed by atoms with E-state index in [4.69, 9.17) is 5.73 Å². The van der Waals surface area contributed by atoms with E-state index in [2.05, 4.69) is 44.1 Å². The molecule has 0 spiro atoms. The van der Waals surface area contributed by atoms with Crippen LogP contribution in [0.4, 0.5) is 5.82 Å². The zero-order valence-corrected chi connectivity index (χ0v) is 15.5. The summed E-state index contributed by atoms with van der Waals surface area (Å²) >= 11 is 0. The molecule has 2 aliphatic rings. The maximum absolute atomic E-state index is 5.88. The maximum atomic E-state index is 5.88. The van der Waals surface area contributed by atoms with E-state index >= 15 is 0 Å². The summed E-state index contributed by atoms with van der Waals surface area (Å²) in [6.07, 6.45) is 15.9. The first-order valence-corrected chi connectivity index (χ1v) is 9.89. The minimum absolute atomic E-state index is 0.385. The predicted octanol–water partition coefficient (Wildman–Crippen LogP) is 4.15. The van der Waals surface area contributed by atoms with Crippen molar-refractivity contribution in [3.8, 4) is 0 Å². The Morgan fingerprint density at radius 1 is 1.07 bits per heavy atom. The number of piperidine rings is 1. The lowest BCUT2D eigenvalue weighted by Crippen LogP contribution is -2.31. The van der Waals surface area contributed by atoms with Crippen molar-refractivity contribution in [2.45, 2.75) is 31.6 Å². The van der Waals surface area contributed by atoms with Gasteiger partial charge in [0.25, 0.3) is 0 Å². The van der Waals surface area contributed by atoms with Gasteiger partial charge in [-0.2, -0.15) is 0 Å². The summed E-state index contributed by atoms with van der Waals surface area (Å²) < 4.78 is 0. The summed E-state index contributed by atoms with van der Waals surface area (Å²) in [6, 6.07) is 4.17. The van der Waals surface area contributed by atoms with Crippen molar-refractivity contribution in [1.29, 1.82) is 0 Å². The number of rotatable bonds is 3. The van der Waals surface area contributed by atoms with E-state index in [0.29, 0.717) is 11.7 Å².